The molecule has 0 fully saturated rings. The van der Waals surface area contributed by atoms with Crippen LogP contribution < -0.4 is 15.5 Å². The minimum Gasteiger partial charge on any atom is -0.312 e. The molecule has 0 atom stereocenters. The molecule has 0 bridgehead atoms. The number of benzene rings is 1. The van der Waals surface area contributed by atoms with Crippen molar-refractivity contribution in [1.82, 2.24) is 15.9 Å². The maximum atomic E-state index is 12.8. The number of allylic oxidation sites excluding steroid dienone is 2. The first-order valence-electron chi connectivity index (χ1n) is 7.40. The van der Waals surface area contributed by atoms with Crippen LogP contribution in [0.15, 0.2) is 52.3 Å². The molecule has 0 amide bonds. The van der Waals surface area contributed by atoms with Crippen molar-refractivity contribution in [3.63, 3.8) is 0 Å². The highest BCUT2D eigenvalue weighted by Crippen LogP contribution is 2.33. The summed E-state index contributed by atoms with van der Waals surface area (Å²) < 4.78 is 28.1. The maximum Gasteiger partial charge on any atom is 0.264 e. The van der Waals surface area contributed by atoms with Gasteiger partial charge in [0.1, 0.15) is 15.8 Å². The van der Waals surface area contributed by atoms with Crippen LogP contribution in [0.4, 0.5) is 5.69 Å². The fourth-order valence-corrected chi connectivity index (χ4v) is 4.25. The normalized spacial score (nSPS) is 19.5. The lowest BCUT2D eigenvalue weighted by Crippen LogP contribution is -2.26. The Morgan fingerprint density at radius 1 is 1.25 bits per heavy atom. The van der Waals surface area contributed by atoms with Gasteiger partial charge < -0.3 is 5.32 Å². The smallest absolute Gasteiger partial charge is 0.264 e. The molecule has 3 heterocycles. The van der Waals surface area contributed by atoms with Crippen molar-refractivity contribution in [2.45, 2.75) is 13.0 Å². The van der Waals surface area contributed by atoms with E-state index in [1.54, 1.807) is 6.07 Å². The van der Waals surface area contributed by atoms with E-state index in [4.69, 9.17) is 16.5 Å². The van der Waals surface area contributed by atoms with E-state index >= 15 is 0 Å². The second-order valence-corrected chi connectivity index (χ2v) is 7.61. The van der Waals surface area contributed by atoms with Crippen molar-refractivity contribution in [3.8, 4) is 0 Å². The zero-order valence-corrected chi connectivity index (χ0v) is 14.1. The highest BCUT2D eigenvalue weighted by molar-refractivity contribution is 7.96. The van der Waals surface area contributed by atoms with Crippen LogP contribution in [0.5, 0.6) is 0 Å². The number of nitrogens with zero attached hydrogens (tertiary/aromatic N) is 1. The fraction of sp³-hybridized carbons (Fsp3) is 0.200. The molecule has 1 aromatic rings. The molecular formula is C15H15ClN4O3S. The third-order valence-electron chi connectivity index (χ3n) is 4.01. The third kappa shape index (κ3) is 2.67. The first-order chi connectivity index (χ1) is 11.5. The van der Waals surface area contributed by atoms with E-state index in [2.05, 4.69) is 15.5 Å². The zero-order valence-electron chi connectivity index (χ0n) is 12.5. The van der Waals surface area contributed by atoms with E-state index in [0.717, 1.165) is 25.1 Å². The molecule has 4 rings (SSSR count). The van der Waals surface area contributed by atoms with Crippen molar-refractivity contribution >= 4 is 27.3 Å². The average Bonchev–Trinajstić information content (AvgIpc) is 3.05. The van der Waals surface area contributed by atoms with Crippen LogP contribution in [-0.2, 0) is 27.9 Å². The molecule has 3 aliphatic rings. The average molecular weight is 367 g/mol. The van der Waals surface area contributed by atoms with E-state index in [1.807, 2.05) is 12.1 Å². The number of anilines is 1. The summed E-state index contributed by atoms with van der Waals surface area (Å²) in [5.41, 5.74) is 5.70. The highest BCUT2D eigenvalue weighted by Gasteiger charge is 2.33. The Bertz CT molecular complexity index is 892. The van der Waals surface area contributed by atoms with Crippen molar-refractivity contribution in [3.05, 3.63) is 63.4 Å². The fourth-order valence-electron chi connectivity index (χ4n) is 2.85. The van der Waals surface area contributed by atoms with Gasteiger partial charge in [-0.1, -0.05) is 17.7 Å². The van der Waals surface area contributed by atoms with Crippen LogP contribution in [0, 0.1) is 0 Å². The predicted octanol–water partition coefficient (Wildman–Crippen LogP) is 1.64. The summed E-state index contributed by atoms with van der Waals surface area (Å²) in [6, 6.07) is 5.61. The molecule has 0 spiro atoms. The first-order valence-corrected chi connectivity index (χ1v) is 9.27. The van der Waals surface area contributed by atoms with Gasteiger partial charge >= 0.3 is 0 Å². The van der Waals surface area contributed by atoms with E-state index in [1.165, 1.54) is 29.0 Å². The van der Waals surface area contributed by atoms with Gasteiger partial charge in [0.2, 0.25) is 0 Å². The quantitative estimate of drug-likeness (QED) is 0.705. The molecule has 3 aliphatic heterocycles. The van der Waals surface area contributed by atoms with Gasteiger partial charge in [-0.2, -0.15) is 10.0 Å². The molecular weight excluding hydrogens is 352 g/mol. The number of hydrogen-bond donors (Lipinski definition) is 3. The summed E-state index contributed by atoms with van der Waals surface area (Å²) in [6.45, 7) is 1.68. The van der Waals surface area contributed by atoms with E-state index in [-0.39, 0.29) is 10.1 Å². The van der Waals surface area contributed by atoms with E-state index in [9.17, 15) is 8.42 Å². The van der Waals surface area contributed by atoms with Crippen LogP contribution >= 0.6 is 11.6 Å². The molecule has 3 N–H and O–H groups in total. The van der Waals surface area contributed by atoms with Gasteiger partial charge in [-0.15, -0.1) is 0 Å². The van der Waals surface area contributed by atoms with Gasteiger partial charge in [0.05, 0.1) is 6.20 Å². The Balaban J connectivity index is 1.64. The maximum absolute atomic E-state index is 12.8. The molecule has 0 saturated heterocycles. The topological polar surface area (TPSA) is 82.7 Å². The molecule has 0 aromatic heterocycles. The molecule has 7 nitrogen and oxygen atoms in total. The summed E-state index contributed by atoms with van der Waals surface area (Å²) in [6.07, 6.45) is 5.31. The van der Waals surface area contributed by atoms with Gasteiger partial charge in [0.15, 0.2) is 0 Å². The molecule has 0 aliphatic carbocycles. The van der Waals surface area contributed by atoms with Crippen LogP contribution in [-0.4, -0.2) is 20.0 Å². The predicted molar refractivity (Wildman–Crippen MR) is 90.6 cm³/mol. The summed E-state index contributed by atoms with van der Waals surface area (Å²) >= 11 is 5.99. The number of hydrogen-bond acceptors (Lipinski definition) is 6. The second-order valence-electron chi connectivity index (χ2n) is 5.57. The summed E-state index contributed by atoms with van der Waals surface area (Å²) in [4.78, 5) is 5.14. The van der Waals surface area contributed by atoms with Gasteiger partial charge in [-0.25, -0.2) is 13.9 Å². The minimum absolute atomic E-state index is 0.0766. The van der Waals surface area contributed by atoms with Crippen molar-refractivity contribution in [1.29, 1.82) is 0 Å². The number of halogens is 1. The molecule has 0 saturated carbocycles. The zero-order chi connectivity index (χ0) is 16.7. The number of sulfonamides is 1. The SMILES string of the molecule is O=S(=O)(Nc1ccc2c(c1)CNCC2)C1=CC=C(Cl)N2ONC=C12. The summed E-state index contributed by atoms with van der Waals surface area (Å²) in [5, 5.41) is 4.76. The summed E-state index contributed by atoms with van der Waals surface area (Å²) in [7, 11) is -3.78. The lowest BCUT2D eigenvalue weighted by molar-refractivity contribution is -0.117. The van der Waals surface area contributed by atoms with Crippen molar-refractivity contribution in [2.24, 2.45) is 0 Å². The van der Waals surface area contributed by atoms with E-state index in [0.29, 0.717) is 11.4 Å². The highest BCUT2D eigenvalue weighted by atomic mass is 35.5. The number of fused-ring (bicyclic) bond motifs is 2. The largest absolute Gasteiger partial charge is 0.312 e. The van der Waals surface area contributed by atoms with Crippen LogP contribution in [0.1, 0.15) is 11.1 Å². The van der Waals surface area contributed by atoms with Crippen LogP contribution in [0.2, 0.25) is 0 Å². The lowest BCUT2D eigenvalue weighted by Gasteiger charge is -2.23. The van der Waals surface area contributed by atoms with Crippen LogP contribution in [0.3, 0.4) is 0 Å². The van der Waals surface area contributed by atoms with Crippen LogP contribution in [0.25, 0.3) is 0 Å². The standard InChI is InChI=1S/C15H15ClN4O3S/c16-15-4-3-14(13-9-18-23-20(13)15)24(21,22)19-12-2-1-10-5-6-17-8-11(10)7-12/h1-4,7,9,17-19H,5-6,8H2. The molecule has 0 radical (unpaired) electrons. The Labute approximate surface area is 144 Å². The molecule has 1 aromatic carbocycles. The number of hydroxylamine groups is 3. The first kappa shape index (κ1) is 15.5. The Kier molecular flexibility index (Phi) is 3.76. The van der Waals surface area contributed by atoms with Gasteiger partial charge in [0.25, 0.3) is 10.0 Å². The van der Waals surface area contributed by atoms with Gasteiger partial charge in [0, 0.05) is 12.2 Å². The van der Waals surface area contributed by atoms with Crippen molar-refractivity contribution < 1.29 is 13.4 Å². The number of nitrogens with one attached hydrogen (secondary N) is 3. The lowest BCUT2D eigenvalue weighted by atomic mass is 10.0. The van der Waals surface area contributed by atoms with Gasteiger partial charge in [-0.3, -0.25) is 4.72 Å². The Morgan fingerprint density at radius 2 is 2.12 bits per heavy atom. The monoisotopic (exact) mass is 366 g/mol. The van der Waals surface area contributed by atoms with Gasteiger partial charge in [-0.05, 0) is 48.4 Å². The Morgan fingerprint density at radius 3 is 3.00 bits per heavy atom. The number of rotatable bonds is 3. The summed E-state index contributed by atoms with van der Waals surface area (Å²) in [5.74, 6) is 0. The molecule has 24 heavy (non-hydrogen) atoms. The minimum atomic E-state index is -3.78. The van der Waals surface area contributed by atoms with E-state index < -0.39 is 10.0 Å². The molecule has 9 heteroatoms. The third-order valence-corrected chi connectivity index (χ3v) is 5.72. The molecule has 126 valence electrons. The Hall–Kier alpha value is -2.00. The molecule has 0 unspecified atom stereocenters. The second kappa shape index (κ2) is 5.82. The van der Waals surface area contributed by atoms with Crippen molar-refractivity contribution in [2.75, 3.05) is 11.3 Å².